The van der Waals surface area contributed by atoms with Crippen molar-refractivity contribution < 1.29 is 9.59 Å². The molecule has 7 heteroatoms. The summed E-state index contributed by atoms with van der Waals surface area (Å²) in [5, 5.41) is 2.91. The van der Waals surface area contributed by atoms with E-state index in [1.807, 2.05) is 0 Å². The molecular weight excluding hydrogens is 258 g/mol. The lowest BCUT2D eigenvalue weighted by atomic mass is 10.2. The van der Waals surface area contributed by atoms with Gasteiger partial charge in [0.25, 0.3) is 0 Å². The Morgan fingerprint density at radius 3 is 2.90 bits per heavy atom. The van der Waals surface area contributed by atoms with E-state index >= 15 is 0 Å². The van der Waals surface area contributed by atoms with E-state index in [0.717, 1.165) is 19.3 Å². The van der Waals surface area contributed by atoms with E-state index in [0.29, 0.717) is 6.54 Å². The topological polar surface area (TPSA) is 95.6 Å². The summed E-state index contributed by atoms with van der Waals surface area (Å²) in [6.45, 7) is 6.40. The molecule has 20 heavy (non-hydrogen) atoms. The third kappa shape index (κ3) is 2.93. The molecule has 2 rings (SSSR count). The van der Waals surface area contributed by atoms with Crippen LogP contribution in [0.4, 0.5) is 0 Å². The second-order valence-electron chi connectivity index (χ2n) is 4.34. The molecule has 2 aliphatic heterocycles. The number of carbonyl (C=O) groups is 2. The van der Waals surface area contributed by atoms with Gasteiger partial charge < -0.3 is 5.32 Å². The summed E-state index contributed by atoms with van der Waals surface area (Å²) in [5.74, 6) is -1.17. The Balaban J connectivity index is 1.99. The van der Waals surface area contributed by atoms with E-state index in [4.69, 9.17) is 0 Å². The molecule has 2 aliphatic rings. The Morgan fingerprint density at radius 1 is 1.35 bits per heavy atom. The summed E-state index contributed by atoms with van der Waals surface area (Å²) in [5.41, 5.74) is 0.252. The summed E-state index contributed by atoms with van der Waals surface area (Å²) in [6, 6.07) is 0. The standard InChI is InChI=1S/C13H15N5O2/c1-3-4-5-6-14-8(2)10(19)12-17-11-9(13(20)18-12)15-7-16-11/h7,14H,2-6H2,1H3. The quantitative estimate of drug-likeness (QED) is 0.545. The minimum Gasteiger partial charge on any atom is -0.382 e. The number of fused-ring (bicyclic) bond motifs is 1. The monoisotopic (exact) mass is 273 g/mol. The number of hydrogen-bond donors (Lipinski definition) is 1. The fraction of sp³-hybridized carbons (Fsp3) is 0.385. The molecular formula is C13H15N5O2. The summed E-state index contributed by atoms with van der Waals surface area (Å²) in [6.07, 6.45) is 4.33. The smallest absolute Gasteiger partial charge is 0.301 e. The highest BCUT2D eigenvalue weighted by atomic mass is 16.2. The zero-order valence-electron chi connectivity index (χ0n) is 11.2. The molecule has 0 aromatic carbocycles. The summed E-state index contributed by atoms with van der Waals surface area (Å²) >= 11 is 0. The maximum atomic E-state index is 12.1. The highest BCUT2D eigenvalue weighted by molar-refractivity contribution is 6.73. The molecule has 0 aromatic rings. The van der Waals surface area contributed by atoms with Gasteiger partial charge in [-0.05, 0) is 6.42 Å². The van der Waals surface area contributed by atoms with E-state index in [1.54, 1.807) is 0 Å². The van der Waals surface area contributed by atoms with Gasteiger partial charge in [-0.25, -0.2) is 15.0 Å². The van der Waals surface area contributed by atoms with Crippen molar-refractivity contribution in [1.82, 2.24) is 5.32 Å². The molecule has 0 aliphatic carbocycles. The Hall–Kier alpha value is -2.44. The number of nitrogens with zero attached hydrogens (tertiary/aromatic N) is 4. The van der Waals surface area contributed by atoms with Crippen LogP contribution in [0.15, 0.2) is 32.2 Å². The minimum absolute atomic E-state index is 0.0723. The van der Waals surface area contributed by atoms with Gasteiger partial charge in [0, 0.05) is 6.54 Å². The van der Waals surface area contributed by atoms with Crippen LogP contribution in [-0.2, 0) is 9.59 Å². The molecule has 1 N–H and O–H groups in total. The van der Waals surface area contributed by atoms with Gasteiger partial charge in [0.15, 0.2) is 11.5 Å². The van der Waals surface area contributed by atoms with E-state index < -0.39 is 11.7 Å². The van der Waals surface area contributed by atoms with Gasteiger partial charge in [-0.2, -0.15) is 4.99 Å². The molecule has 7 nitrogen and oxygen atoms in total. The maximum absolute atomic E-state index is 12.1. The number of rotatable bonds is 7. The molecule has 0 saturated heterocycles. The van der Waals surface area contributed by atoms with Gasteiger partial charge in [-0.15, -0.1) is 0 Å². The van der Waals surface area contributed by atoms with Crippen LogP contribution < -0.4 is 5.32 Å². The van der Waals surface area contributed by atoms with Gasteiger partial charge in [0.1, 0.15) is 6.34 Å². The van der Waals surface area contributed by atoms with E-state index in [9.17, 15) is 9.59 Å². The average Bonchev–Trinajstić information content (AvgIpc) is 2.91. The summed E-state index contributed by atoms with van der Waals surface area (Å²) in [7, 11) is 0. The third-order valence-electron chi connectivity index (χ3n) is 2.80. The third-order valence-corrected chi connectivity index (χ3v) is 2.80. The van der Waals surface area contributed by atoms with Crippen molar-refractivity contribution in [3.8, 4) is 0 Å². The van der Waals surface area contributed by atoms with Crippen molar-refractivity contribution in [1.29, 1.82) is 0 Å². The Labute approximate surface area is 116 Å². The Bertz CT molecular complexity index is 584. The number of Topliss-reactive ketones (excluding diaryl/α,β-unsaturated/α-hetero) is 1. The molecule has 0 radical (unpaired) electrons. The van der Waals surface area contributed by atoms with Crippen molar-refractivity contribution >= 4 is 35.4 Å². The lowest BCUT2D eigenvalue weighted by Crippen LogP contribution is -2.32. The lowest BCUT2D eigenvalue weighted by molar-refractivity contribution is -0.113. The number of hydrogen-bond acceptors (Lipinski definition) is 6. The average molecular weight is 273 g/mol. The fourth-order valence-corrected chi connectivity index (χ4v) is 1.70. The van der Waals surface area contributed by atoms with E-state index in [1.165, 1.54) is 6.34 Å². The first-order chi connectivity index (χ1) is 9.63. The summed E-state index contributed by atoms with van der Waals surface area (Å²) < 4.78 is 0. The van der Waals surface area contributed by atoms with Gasteiger partial charge in [0.05, 0.1) is 5.70 Å². The predicted octanol–water partition coefficient (Wildman–Crippen LogP) is 0.669. The largest absolute Gasteiger partial charge is 0.382 e. The molecule has 1 amide bonds. The van der Waals surface area contributed by atoms with Crippen molar-refractivity contribution in [2.75, 3.05) is 6.54 Å². The van der Waals surface area contributed by atoms with Crippen LogP contribution in [0.1, 0.15) is 26.2 Å². The number of amidine groups is 2. The molecule has 0 fully saturated rings. The SMILES string of the molecule is C=C(NCCCCC)C(=O)C1=NC(=O)C2=NC=NC2=N1. The molecule has 104 valence electrons. The van der Waals surface area contributed by atoms with Crippen molar-refractivity contribution in [3.05, 3.63) is 12.3 Å². The van der Waals surface area contributed by atoms with Crippen LogP contribution in [0.5, 0.6) is 0 Å². The highest BCUT2D eigenvalue weighted by Crippen LogP contribution is 2.07. The molecule has 0 spiro atoms. The number of amides is 1. The molecule has 0 bridgehead atoms. The first-order valence-electron chi connectivity index (χ1n) is 6.43. The number of unbranched alkanes of at least 4 members (excludes halogenated alkanes) is 2. The number of ketones is 1. The summed E-state index contributed by atoms with van der Waals surface area (Å²) in [4.78, 5) is 38.8. The molecule has 2 heterocycles. The van der Waals surface area contributed by atoms with Crippen LogP contribution in [0.25, 0.3) is 0 Å². The maximum Gasteiger partial charge on any atom is 0.301 e. The second-order valence-corrected chi connectivity index (χ2v) is 4.34. The van der Waals surface area contributed by atoms with Crippen molar-refractivity contribution in [2.24, 2.45) is 20.0 Å². The van der Waals surface area contributed by atoms with E-state index in [-0.39, 0.29) is 23.1 Å². The Morgan fingerprint density at radius 2 is 2.15 bits per heavy atom. The zero-order valence-corrected chi connectivity index (χ0v) is 11.2. The predicted molar refractivity (Wildman–Crippen MR) is 77.5 cm³/mol. The van der Waals surface area contributed by atoms with E-state index in [2.05, 4.69) is 38.8 Å². The molecule has 0 atom stereocenters. The highest BCUT2D eigenvalue weighted by Gasteiger charge is 2.29. The second kappa shape index (κ2) is 6.14. The van der Waals surface area contributed by atoms with Gasteiger partial charge in [0.2, 0.25) is 11.6 Å². The first kappa shape index (κ1) is 14.0. The van der Waals surface area contributed by atoms with Crippen LogP contribution in [0, 0.1) is 0 Å². The lowest BCUT2D eigenvalue weighted by Gasteiger charge is -2.10. The van der Waals surface area contributed by atoms with Crippen LogP contribution in [0.2, 0.25) is 0 Å². The van der Waals surface area contributed by atoms with Gasteiger partial charge in [-0.3, -0.25) is 9.59 Å². The normalized spacial score (nSPS) is 16.2. The fourth-order valence-electron chi connectivity index (χ4n) is 1.70. The molecule has 0 aromatic heterocycles. The Kier molecular flexibility index (Phi) is 4.29. The number of aliphatic imine (C=N–C) groups is 4. The molecule has 0 unspecified atom stereocenters. The van der Waals surface area contributed by atoms with Crippen LogP contribution in [0.3, 0.4) is 0 Å². The number of nitrogens with one attached hydrogen (secondary N) is 1. The van der Waals surface area contributed by atoms with Gasteiger partial charge in [-0.1, -0.05) is 26.3 Å². The minimum atomic E-state index is -0.602. The van der Waals surface area contributed by atoms with Crippen LogP contribution in [-0.4, -0.2) is 42.0 Å². The first-order valence-corrected chi connectivity index (χ1v) is 6.43. The molecule has 0 saturated carbocycles. The van der Waals surface area contributed by atoms with Gasteiger partial charge >= 0.3 is 5.91 Å². The zero-order chi connectivity index (χ0) is 14.5. The van der Waals surface area contributed by atoms with Crippen molar-refractivity contribution in [2.45, 2.75) is 26.2 Å². The number of carbonyl (C=O) groups excluding carboxylic acids is 2. The van der Waals surface area contributed by atoms with Crippen molar-refractivity contribution in [3.63, 3.8) is 0 Å². The van der Waals surface area contributed by atoms with Crippen LogP contribution >= 0.6 is 0 Å².